The minimum Gasteiger partial charge on any atom is -0.309 e. The maximum atomic E-state index is 16.9. The van der Waals surface area contributed by atoms with Crippen molar-refractivity contribution in [1.82, 2.24) is 0 Å². The molecular formula is C84H45F12O3P3. The summed E-state index contributed by atoms with van der Waals surface area (Å²) in [4.78, 5) is 0. The molecule has 0 bridgehead atoms. The van der Waals surface area contributed by atoms with Crippen molar-refractivity contribution in [3.63, 3.8) is 0 Å². The van der Waals surface area contributed by atoms with E-state index < -0.39 is 123 Å². The SMILES string of the molecule is O=P(c1cc(F)cc(F)c1)(c1cc(F)cc(F)c1)c1c2ccccc2c(-c2cc(-c3c4ccccc4c(P(=O)(c4cc(F)cc(F)c4)c4cc(F)cc(F)c4)c4ccccc34)cc(-c3c4ccccc4c(P(=O)(c4cc(F)cc(F)c4)c4cc(F)cc(F)c4)c4ccccc34)c2)c2ccccc12. The first-order valence-corrected chi connectivity index (χ1v) is 36.8. The van der Waals surface area contributed by atoms with Gasteiger partial charge in [0.25, 0.3) is 0 Å². The van der Waals surface area contributed by atoms with Gasteiger partial charge in [-0.2, -0.15) is 0 Å². The standard InChI is InChI=1S/C84H45F12O3P3/c85-49-28-50(86)35-61(34-49)100(97,62-36-51(87)29-52(88)37-62)82-73-19-7-1-13-67(73)79(68-14-2-8-20-74(68)82)46-25-47(80-69-15-3-9-21-75(69)83(76-22-10-4-16-70(76)80)101(98,63-38-53(89)30-54(90)39-63)64-40-55(91)31-56(92)41-64)27-48(26-46)81-71-17-5-11-23-77(71)84(78-24-12-6-18-72(78)81)102(99,65-42-57(93)32-58(94)43-65)66-44-59(95)33-60(96)45-66/h1-45H. The second kappa shape index (κ2) is 24.9. The van der Waals surface area contributed by atoms with Gasteiger partial charge in [-0.3, -0.25) is 0 Å². The predicted molar refractivity (Wildman–Crippen MR) is 385 cm³/mol. The van der Waals surface area contributed by atoms with Crippen molar-refractivity contribution in [1.29, 1.82) is 0 Å². The Labute approximate surface area is 573 Å². The van der Waals surface area contributed by atoms with E-state index >= 15 is 66.4 Å². The molecular weight excluding hydrogens is 1380 g/mol. The highest BCUT2D eigenvalue weighted by Crippen LogP contribution is 2.55. The van der Waals surface area contributed by atoms with Crippen LogP contribution in [0.1, 0.15) is 0 Å². The zero-order valence-corrected chi connectivity index (χ0v) is 55.3. The van der Waals surface area contributed by atoms with Gasteiger partial charge < -0.3 is 13.7 Å². The van der Waals surface area contributed by atoms with Gasteiger partial charge in [-0.15, -0.1) is 0 Å². The Balaban J connectivity index is 1.08. The number of hydrogen-bond acceptors (Lipinski definition) is 3. The van der Waals surface area contributed by atoms with E-state index in [4.69, 9.17) is 0 Å². The molecule has 0 saturated carbocycles. The summed E-state index contributed by atoms with van der Waals surface area (Å²) in [5.41, 5.74) is 2.48. The van der Waals surface area contributed by atoms with E-state index in [9.17, 15) is 0 Å². The maximum absolute atomic E-state index is 16.9. The molecule has 0 heterocycles. The Morgan fingerprint density at radius 2 is 0.294 bits per heavy atom. The largest absolute Gasteiger partial charge is 0.309 e. The summed E-state index contributed by atoms with van der Waals surface area (Å²) in [6.45, 7) is 0. The van der Waals surface area contributed by atoms with Crippen LogP contribution in [-0.2, 0) is 13.7 Å². The van der Waals surface area contributed by atoms with Crippen LogP contribution in [-0.4, -0.2) is 0 Å². The van der Waals surface area contributed by atoms with Gasteiger partial charge in [-0.05, 0) is 189 Å². The average Bonchev–Trinajstić information content (AvgIpc) is 0.714. The number of rotatable bonds is 12. The van der Waals surface area contributed by atoms with Crippen molar-refractivity contribution >= 4 is 134 Å². The van der Waals surface area contributed by atoms with Gasteiger partial charge in [0.1, 0.15) is 69.8 Å². The van der Waals surface area contributed by atoms with Crippen LogP contribution in [0.2, 0.25) is 0 Å². The molecule has 0 fully saturated rings. The lowest BCUT2D eigenvalue weighted by Crippen LogP contribution is -2.28. The minimum atomic E-state index is -4.83. The van der Waals surface area contributed by atoms with E-state index in [1.54, 1.807) is 146 Å². The normalized spacial score (nSPS) is 12.2. The third-order valence-corrected chi connectivity index (χ3v) is 28.0. The van der Waals surface area contributed by atoms with Crippen molar-refractivity contribution < 1.29 is 66.4 Å². The molecule has 498 valence electrons. The fourth-order valence-electron chi connectivity index (χ4n) is 14.9. The first-order chi connectivity index (χ1) is 49.1. The van der Waals surface area contributed by atoms with Gasteiger partial charge in [0.15, 0.2) is 21.4 Å². The summed E-state index contributed by atoms with van der Waals surface area (Å²) >= 11 is 0. The molecule has 0 aliphatic rings. The summed E-state index contributed by atoms with van der Waals surface area (Å²) in [5.74, 6) is -13.5. The first kappa shape index (κ1) is 65.5. The molecule has 3 nitrogen and oxygen atoms in total. The Hall–Kier alpha value is -11.1. The van der Waals surface area contributed by atoms with E-state index in [2.05, 4.69) is 0 Å². The van der Waals surface area contributed by atoms with Crippen molar-refractivity contribution in [3.05, 3.63) is 343 Å². The number of hydrogen-bond donors (Lipinski definition) is 0. The highest BCUT2D eigenvalue weighted by Gasteiger charge is 2.40. The lowest BCUT2D eigenvalue weighted by Gasteiger charge is -2.27. The molecule has 16 aromatic carbocycles. The van der Waals surface area contributed by atoms with Gasteiger partial charge in [0.05, 0.1) is 0 Å². The van der Waals surface area contributed by atoms with Crippen LogP contribution < -0.4 is 47.7 Å². The second-order valence-electron chi connectivity index (χ2n) is 24.8. The summed E-state index contributed by atoms with van der Waals surface area (Å²) < 4.78 is 240. The molecule has 16 aromatic rings. The molecule has 0 spiro atoms. The van der Waals surface area contributed by atoms with E-state index in [1.807, 2.05) is 18.2 Å². The van der Waals surface area contributed by atoms with Crippen LogP contribution in [0.4, 0.5) is 52.7 Å². The molecule has 16 rings (SSSR count). The molecule has 102 heavy (non-hydrogen) atoms. The van der Waals surface area contributed by atoms with Crippen LogP contribution in [0.25, 0.3) is 98.0 Å². The van der Waals surface area contributed by atoms with Gasteiger partial charge in [0.2, 0.25) is 0 Å². The molecule has 0 atom stereocenters. The third kappa shape index (κ3) is 10.7. The van der Waals surface area contributed by atoms with Crippen molar-refractivity contribution in [2.75, 3.05) is 0 Å². The fourth-order valence-corrected chi connectivity index (χ4v) is 24.2. The van der Waals surface area contributed by atoms with E-state index in [1.165, 1.54) is 0 Å². The smallest absolute Gasteiger partial charge is 0.172 e. The quantitative estimate of drug-likeness (QED) is 0.0696. The lowest BCUT2D eigenvalue weighted by atomic mass is 9.84. The van der Waals surface area contributed by atoms with Gasteiger partial charge in [-0.25, -0.2) is 52.7 Å². The molecule has 18 heteroatoms. The molecule has 0 N–H and O–H groups in total. The van der Waals surface area contributed by atoms with E-state index in [-0.39, 0.29) is 48.2 Å². The average molecular weight is 1420 g/mol. The fraction of sp³-hybridized carbons (Fsp3) is 0. The van der Waals surface area contributed by atoms with E-state index in [0.29, 0.717) is 102 Å². The van der Waals surface area contributed by atoms with Crippen LogP contribution in [0.15, 0.2) is 273 Å². The highest BCUT2D eigenvalue weighted by atomic mass is 31.2. The number of benzene rings is 16. The molecule has 0 aliphatic heterocycles. The van der Waals surface area contributed by atoms with Crippen molar-refractivity contribution in [2.45, 2.75) is 0 Å². The Kier molecular flexibility index (Phi) is 16.0. The van der Waals surface area contributed by atoms with Crippen LogP contribution in [0.5, 0.6) is 0 Å². The van der Waals surface area contributed by atoms with Crippen molar-refractivity contribution in [3.8, 4) is 33.4 Å². The number of halogens is 12. The second-order valence-corrected chi connectivity index (χ2v) is 32.9. The molecule has 0 aliphatic carbocycles. The number of fused-ring (bicyclic) bond motifs is 6. The molecule has 0 aromatic heterocycles. The van der Waals surface area contributed by atoms with Crippen LogP contribution in [0.3, 0.4) is 0 Å². The summed E-state index contributed by atoms with van der Waals surface area (Å²) in [7, 11) is -14.5. The van der Waals surface area contributed by atoms with Crippen LogP contribution in [0, 0.1) is 69.8 Å². The van der Waals surface area contributed by atoms with Gasteiger partial charge in [0, 0.05) is 84.1 Å². The predicted octanol–water partition coefficient (Wildman–Crippen LogP) is 20.2. The summed E-state index contributed by atoms with van der Waals surface area (Å²) in [6.07, 6.45) is 0. The van der Waals surface area contributed by atoms with Gasteiger partial charge in [-0.1, -0.05) is 146 Å². The Morgan fingerprint density at radius 1 is 0.167 bits per heavy atom. The minimum absolute atomic E-state index is 0.0365. The zero-order chi connectivity index (χ0) is 70.8. The molecule has 0 amide bonds. The Morgan fingerprint density at radius 3 is 0.431 bits per heavy atom. The highest BCUT2D eigenvalue weighted by molar-refractivity contribution is 7.87. The third-order valence-electron chi connectivity index (χ3n) is 18.7. The van der Waals surface area contributed by atoms with E-state index in [0.717, 1.165) is 72.8 Å². The van der Waals surface area contributed by atoms with Crippen LogP contribution >= 0.6 is 21.4 Å². The zero-order valence-electron chi connectivity index (χ0n) is 52.6. The summed E-state index contributed by atoms with van der Waals surface area (Å²) in [5, 5.41) is 0.771. The Bertz CT molecular complexity index is 5370. The molecule has 0 radical (unpaired) electrons. The topological polar surface area (TPSA) is 51.2 Å². The van der Waals surface area contributed by atoms with Crippen molar-refractivity contribution in [2.24, 2.45) is 0 Å². The molecule has 0 saturated heterocycles. The molecule has 0 unspecified atom stereocenters. The first-order valence-electron chi connectivity index (χ1n) is 31.7. The lowest BCUT2D eigenvalue weighted by molar-refractivity contribution is 0.577. The monoisotopic (exact) mass is 1420 g/mol. The van der Waals surface area contributed by atoms with Gasteiger partial charge >= 0.3 is 0 Å². The summed E-state index contributed by atoms with van der Waals surface area (Å²) in [6, 6.07) is 59.4. The maximum Gasteiger partial charge on any atom is 0.172 e.